The molecular weight excluding hydrogens is 264 g/mol. The molecule has 6 heteroatoms. The molecule has 0 radical (unpaired) electrons. The maximum Gasteiger partial charge on any atom is 0.243 e. The number of rotatable bonds is 5. The van der Waals surface area contributed by atoms with Gasteiger partial charge in [0.2, 0.25) is 15.9 Å². The molecule has 1 rings (SSSR count). The lowest BCUT2D eigenvalue weighted by atomic mass is 10.2. The van der Waals surface area contributed by atoms with Crippen LogP contribution in [-0.4, -0.2) is 32.7 Å². The number of amides is 1. The average molecular weight is 284 g/mol. The molecular formula is C13H20N2O3S. The van der Waals surface area contributed by atoms with Gasteiger partial charge in [-0.3, -0.25) is 9.10 Å². The number of carbonyl (C=O) groups excluding carboxylic acids is 1. The van der Waals surface area contributed by atoms with Crippen molar-refractivity contribution in [1.29, 1.82) is 0 Å². The van der Waals surface area contributed by atoms with E-state index >= 15 is 0 Å². The second-order valence-corrected chi connectivity index (χ2v) is 6.59. The van der Waals surface area contributed by atoms with Crippen LogP contribution in [0.5, 0.6) is 0 Å². The summed E-state index contributed by atoms with van der Waals surface area (Å²) in [5, 5.41) is 2.72. The molecule has 1 amide bonds. The molecule has 0 aliphatic carbocycles. The molecule has 0 unspecified atom stereocenters. The van der Waals surface area contributed by atoms with Crippen LogP contribution >= 0.6 is 0 Å². The topological polar surface area (TPSA) is 66.5 Å². The minimum atomic E-state index is -3.53. The molecule has 1 aromatic carbocycles. The molecule has 5 nitrogen and oxygen atoms in total. The highest BCUT2D eigenvalue weighted by atomic mass is 32.2. The Morgan fingerprint density at radius 2 is 1.68 bits per heavy atom. The van der Waals surface area contributed by atoms with Crippen molar-refractivity contribution < 1.29 is 13.2 Å². The Balaban J connectivity index is 3.10. The van der Waals surface area contributed by atoms with E-state index in [9.17, 15) is 13.2 Å². The molecule has 0 aromatic heterocycles. The lowest BCUT2D eigenvalue weighted by Crippen LogP contribution is -2.49. The molecule has 0 saturated carbocycles. The normalized spacial score (nSPS) is 13.1. The largest absolute Gasteiger partial charge is 0.352 e. The number of nitrogens with one attached hydrogen (secondary N) is 1. The van der Waals surface area contributed by atoms with E-state index in [-0.39, 0.29) is 11.9 Å². The van der Waals surface area contributed by atoms with E-state index in [4.69, 9.17) is 0 Å². The van der Waals surface area contributed by atoms with Gasteiger partial charge < -0.3 is 5.32 Å². The van der Waals surface area contributed by atoms with Crippen molar-refractivity contribution in [1.82, 2.24) is 5.32 Å². The predicted octanol–water partition coefficient (Wildman–Crippen LogP) is 1.37. The number of para-hydroxylation sites is 1. The van der Waals surface area contributed by atoms with Gasteiger partial charge in [-0.05, 0) is 32.9 Å². The molecule has 19 heavy (non-hydrogen) atoms. The van der Waals surface area contributed by atoms with Crippen LogP contribution < -0.4 is 9.62 Å². The smallest absolute Gasteiger partial charge is 0.243 e. The highest BCUT2D eigenvalue weighted by molar-refractivity contribution is 7.92. The predicted molar refractivity (Wildman–Crippen MR) is 76.5 cm³/mol. The van der Waals surface area contributed by atoms with Crippen molar-refractivity contribution in [3.63, 3.8) is 0 Å². The SMILES string of the molecule is CC(C)NC(=O)[C@H](C)N(c1ccccc1)S(C)(=O)=O. The van der Waals surface area contributed by atoms with Crippen molar-refractivity contribution in [2.45, 2.75) is 32.9 Å². The number of hydrogen-bond donors (Lipinski definition) is 1. The van der Waals surface area contributed by atoms with E-state index in [1.165, 1.54) is 0 Å². The molecule has 1 aromatic rings. The Morgan fingerprint density at radius 3 is 2.11 bits per heavy atom. The van der Waals surface area contributed by atoms with Gasteiger partial charge in [0, 0.05) is 6.04 Å². The summed E-state index contributed by atoms with van der Waals surface area (Å²) < 4.78 is 24.9. The van der Waals surface area contributed by atoms with E-state index in [2.05, 4.69) is 5.32 Å². The van der Waals surface area contributed by atoms with Crippen LogP contribution in [0, 0.1) is 0 Å². The summed E-state index contributed by atoms with van der Waals surface area (Å²) in [4.78, 5) is 12.0. The quantitative estimate of drug-likeness (QED) is 0.888. The van der Waals surface area contributed by atoms with Crippen LogP contribution in [0.4, 0.5) is 5.69 Å². The third-order valence-corrected chi connectivity index (χ3v) is 3.77. The van der Waals surface area contributed by atoms with E-state index < -0.39 is 16.1 Å². The van der Waals surface area contributed by atoms with E-state index in [1.54, 1.807) is 37.3 Å². The maximum atomic E-state index is 12.0. The first kappa shape index (κ1) is 15.5. The van der Waals surface area contributed by atoms with Crippen molar-refractivity contribution in [3.8, 4) is 0 Å². The summed E-state index contributed by atoms with van der Waals surface area (Å²) >= 11 is 0. The summed E-state index contributed by atoms with van der Waals surface area (Å²) in [7, 11) is -3.53. The Bertz CT molecular complexity index is 526. The summed E-state index contributed by atoms with van der Waals surface area (Å²) in [6.45, 7) is 5.24. The van der Waals surface area contributed by atoms with Crippen LogP contribution in [0.15, 0.2) is 30.3 Å². The first-order chi connectivity index (χ1) is 8.73. The first-order valence-corrected chi connectivity index (χ1v) is 7.93. The van der Waals surface area contributed by atoms with Crippen LogP contribution in [-0.2, 0) is 14.8 Å². The van der Waals surface area contributed by atoms with Crippen LogP contribution in [0.3, 0.4) is 0 Å². The fourth-order valence-electron chi connectivity index (χ4n) is 1.79. The summed E-state index contributed by atoms with van der Waals surface area (Å²) in [5.74, 6) is -0.315. The third-order valence-electron chi connectivity index (χ3n) is 2.53. The molecule has 0 aliphatic rings. The lowest BCUT2D eigenvalue weighted by Gasteiger charge is -2.28. The van der Waals surface area contributed by atoms with Gasteiger partial charge in [0.1, 0.15) is 6.04 Å². The standard InChI is InChI=1S/C13H20N2O3S/c1-10(2)14-13(16)11(3)15(19(4,17)18)12-8-6-5-7-9-12/h5-11H,1-4H3,(H,14,16)/t11-/m0/s1. The Morgan fingerprint density at radius 1 is 1.16 bits per heavy atom. The minimum absolute atomic E-state index is 0.0351. The molecule has 1 atom stereocenters. The molecule has 0 saturated heterocycles. The van der Waals surface area contributed by atoms with E-state index in [1.807, 2.05) is 13.8 Å². The second-order valence-electron chi connectivity index (χ2n) is 4.73. The number of hydrogen-bond acceptors (Lipinski definition) is 3. The van der Waals surface area contributed by atoms with Gasteiger partial charge >= 0.3 is 0 Å². The van der Waals surface area contributed by atoms with Crippen LogP contribution in [0.25, 0.3) is 0 Å². The third kappa shape index (κ3) is 4.24. The van der Waals surface area contributed by atoms with Crippen molar-refractivity contribution >= 4 is 21.6 Å². The highest BCUT2D eigenvalue weighted by Gasteiger charge is 2.28. The van der Waals surface area contributed by atoms with Gasteiger partial charge in [-0.2, -0.15) is 0 Å². The zero-order chi connectivity index (χ0) is 14.6. The Kier molecular flexibility index (Phi) is 4.94. The summed E-state index contributed by atoms with van der Waals surface area (Å²) in [5.41, 5.74) is 0.483. The highest BCUT2D eigenvalue weighted by Crippen LogP contribution is 2.20. The molecule has 106 valence electrons. The van der Waals surface area contributed by atoms with Gasteiger partial charge in [0.25, 0.3) is 0 Å². The molecule has 0 aliphatic heterocycles. The summed E-state index contributed by atoms with van der Waals surface area (Å²) in [6.07, 6.45) is 1.10. The lowest BCUT2D eigenvalue weighted by molar-refractivity contribution is -0.122. The van der Waals surface area contributed by atoms with Crippen molar-refractivity contribution in [3.05, 3.63) is 30.3 Å². The first-order valence-electron chi connectivity index (χ1n) is 6.08. The number of benzene rings is 1. The van der Waals surface area contributed by atoms with Crippen molar-refractivity contribution in [2.75, 3.05) is 10.6 Å². The van der Waals surface area contributed by atoms with Crippen LogP contribution in [0.1, 0.15) is 20.8 Å². The number of carbonyl (C=O) groups is 1. The van der Waals surface area contributed by atoms with Crippen LogP contribution in [0.2, 0.25) is 0 Å². The molecule has 0 heterocycles. The average Bonchev–Trinajstić information content (AvgIpc) is 2.27. The van der Waals surface area contributed by atoms with Crippen molar-refractivity contribution in [2.24, 2.45) is 0 Å². The molecule has 0 spiro atoms. The zero-order valence-corrected chi connectivity index (χ0v) is 12.4. The molecule has 1 N–H and O–H groups in total. The number of nitrogens with zero attached hydrogens (tertiary/aromatic N) is 1. The van der Waals surface area contributed by atoms with Gasteiger partial charge in [0.05, 0.1) is 11.9 Å². The zero-order valence-electron chi connectivity index (χ0n) is 11.6. The van der Waals surface area contributed by atoms with Gasteiger partial charge in [-0.15, -0.1) is 0 Å². The Labute approximate surface area is 114 Å². The number of sulfonamides is 1. The Hall–Kier alpha value is -1.56. The maximum absolute atomic E-state index is 12.0. The van der Waals surface area contributed by atoms with E-state index in [0.717, 1.165) is 10.6 Å². The fraction of sp³-hybridized carbons (Fsp3) is 0.462. The van der Waals surface area contributed by atoms with Gasteiger partial charge in [0.15, 0.2) is 0 Å². The molecule has 0 bridgehead atoms. The number of anilines is 1. The monoisotopic (exact) mass is 284 g/mol. The second kappa shape index (κ2) is 6.06. The van der Waals surface area contributed by atoms with Gasteiger partial charge in [-0.1, -0.05) is 18.2 Å². The van der Waals surface area contributed by atoms with Gasteiger partial charge in [-0.25, -0.2) is 8.42 Å². The molecule has 0 fully saturated rings. The fourth-order valence-corrected chi connectivity index (χ4v) is 2.96. The summed E-state index contributed by atoms with van der Waals surface area (Å²) in [6, 6.07) is 7.77. The van der Waals surface area contributed by atoms with E-state index in [0.29, 0.717) is 5.69 Å². The minimum Gasteiger partial charge on any atom is -0.352 e.